The number of nitrogens with zero attached hydrogens (tertiary/aromatic N) is 2. The van der Waals surface area contributed by atoms with Crippen molar-refractivity contribution < 1.29 is 9.53 Å². The fraction of sp³-hybridized carbons (Fsp3) is 0.278. The zero-order valence-corrected chi connectivity index (χ0v) is 17.7. The number of fused-ring (bicyclic) bond motifs is 1. The first-order valence-corrected chi connectivity index (χ1v) is 10.2. The van der Waals surface area contributed by atoms with E-state index in [0.717, 1.165) is 20.7 Å². The van der Waals surface area contributed by atoms with Gasteiger partial charge >= 0.3 is 0 Å². The number of ether oxygens (including phenoxy) is 1. The molecule has 1 aromatic carbocycles. The quantitative estimate of drug-likeness (QED) is 0.458. The molecule has 1 amide bonds. The molecule has 0 saturated heterocycles. The van der Waals surface area contributed by atoms with Gasteiger partial charge in [0, 0.05) is 10.6 Å². The number of aromatic nitrogens is 2. The molecule has 0 spiro atoms. The van der Waals surface area contributed by atoms with E-state index in [2.05, 4.69) is 15.3 Å². The molecule has 0 radical (unpaired) electrons. The number of thiophene rings is 1. The Morgan fingerprint density at radius 1 is 1.37 bits per heavy atom. The first-order valence-electron chi connectivity index (χ1n) is 8.14. The van der Waals surface area contributed by atoms with Gasteiger partial charge in [0.25, 0.3) is 0 Å². The summed E-state index contributed by atoms with van der Waals surface area (Å²) in [4.78, 5) is 23.4. The second-order valence-electron chi connectivity index (χ2n) is 5.95. The van der Waals surface area contributed by atoms with Crippen molar-refractivity contribution in [3.05, 3.63) is 33.7 Å². The number of thioether (sulfide) groups is 1. The molecule has 3 rings (SSSR count). The van der Waals surface area contributed by atoms with Gasteiger partial charge in [-0.3, -0.25) is 4.79 Å². The van der Waals surface area contributed by atoms with Crippen LogP contribution in [0.1, 0.15) is 17.4 Å². The van der Waals surface area contributed by atoms with Gasteiger partial charge in [0.1, 0.15) is 16.4 Å². The van der Waals surface area contributed by atoms with Gasteiger partial charge < -0.3 is 15.8 Å². The summed E-state index contributed by atoms with van der Waals surface area (Å²) in [6, 6.07) is 5.08. The van der Waals surface area contributed by atoms with Crippen LogP contribution in [0.25, 0.3) is 10.2 Å². The molecule has 1 atom stereocenters. The van der Waals surface area contributed by atoms with Crippen LogP contribution in [0.5, 0.6) is 5.75 Å². The van der Waals surface area contributed by atoms with E-state index in [-0.39, 0.29) is 5.91 Å². The Labute approximate surface area is 170 Å². The highest BCUT2D eigenvalue weighted by molar-refractivity contribution is 8.00. The van der Waals surface area contributed by atoms with Crippen LogP contribution < -0.4 is 15.8 Å². The summed E-state index contributed by atoms with van der Waals surface area (Å²) in [5.74, 6) is 0.816. The zero-order chi connectivity index (χ0) is 19.7. The number of amides is 1. The van der Waals surface area contributed by atoms with E-state index < -0.39 is 5.25 Å². The molecule has 0 aliphatic carbocycles. The van der Waals surface area contributed by atoms with Gasteiger partial charge in [-0.2, -0.15) is 0 Å². The molecule has 9 heteroatoms. The Bertz CT molecular complexity index is 1020. The first kappa shape index (κ1) is 19.7. The van der Waals surface area contributed by atoms with E-state index in [1.165, 1.54) is 18.9 Å². The number of methoxy groups -OCH3 is 1. The van der Waals surface area contributed by atoms with Crippen molar-refractivity contribution in [2.45, 2.75) is 31.2 Å². The molecule has 1 unspecified atom stereocenters. The number of anilines is 2. The van der Waals surface area contributed by atoms with Crippen LogP contribution in [0.4, 0.5) is 11.5 Å². The van der Waals surface area contributed by atoms with Crippen LogP contribution in [0, 0.1) is 13.8 Å². The summed E-state index contributed by atoms with van der Waals surface area (Å²) in [6.45, 7) is 5.83. The maximum atomic E-state index is 12.5. The SMILES string of the molecule is COc1ccc(NC(=O)C(C)Sc2nc(N)c3c(C)c(C)sc3n2)cc1Cl. The molecule has 0 aliphatic rings. The summed E-state index contributed by atoms with van der Waals surface area (Å²) >= 11 is 8.94. The average molecular weight is 423 g/mol. The Morgan fingerprint density at radius 2 is 2.11 bits per heavy atom. The lowest BCUT2D eigenvalue weighted by Crippen LogP contribution is -2.22. The smallest absolute Gasteiger partial charge is 0.237 e. The number of nitrogen functional groups attached to an aromatic ring is 1. The number of benzene rings is 1. The summed E-state index contributed by atoms with van der Waals surface area (Å²) in [6.07, 6.45) is 0. The lowest BCUT2D eigenvalue weighted by atomic mass is 10.2. The predicted molar refractivity (Wildman–Crippen MR) is 113 cm³/mol. The lowest BCUT2D eigenvalue weighted by molar-refractivity contribution is -0.115. The molecule has 0 bridgehead atoms. The molecule has 3 aromatic rings. The van der Waals surface area contributed by atoms with Crippen LogP contribution in [0.15, 0.2) is 23.4 Å². The van der Waals surface area contributed by atoms with Crippen molar-refractivity contribution in [2.24, 2.45) is 0 Å². The minimum Gasteiger partial charge on any atom is -0.495 e. The molecule has 0 saturated carbocycles. The first-order chi connectivity index (χ1) is 12.8. The maximum Gasteiger partial charge on any atom is 0.237 e. The average Bonchev–Trinajstić information content (AvgIpc) is 2.89. The van der Waals surface area contributed by atoms with Gasteiger partial charge in [-0.15, -0.1) is 11.3 Å². The number of carbonyl (C=O) groups excluding carboxylic acids is 1. The monoisotopic (exact) mass is 422 g/mol. The molecule has 6 nitrogen and oxygen atoms in total. The van der Waals surface area contributed by atoms with Crippen LogP contribution in [0.3, 0.4) is 0 Å². The molecule has 2 heterocycles. The largest absolute Gasteiger partial charge is 0.495 e. The van der Waals surface area contributed by atoms with E-state index in [4.69, 9.17) is 22.1 Å². The number of hydrogen-bond donors (Lipinski definition) is 2. The third kappa shape index (κ3) is 4.12. The van der Waals surface area contributed by atoms with E-state index in [1.54, 1.807) is 36.5 Å². The molecule has 0 aliphatic heterocycles. The van der Waals surface area contributed by atoms with Crippen LogP contribution in [-0.4, -0.2) is 28.2 Å². The number of nitrogens with one attached hydrogen (secondary N) is 1. The van der Waals surface area contributed by atoms with Crippen LogP contribution in [-0.2, 0) is 4.79 Å². The summed E-state index contributed by atoms with van der Waals surface area (Å²) in [5, 5.41) is 4.23. The molecule has 0 fully saturated rings. The number of nitrogens with two attached hydrogens (primary N) is 1. The van der Waals surface area contributed by atoms with Gasteiger partial charge in [0.15, 0.2) is 5.16 Å². The second-order valence-corrected chi connectivity index (χ2v) is 8.87. The van der Waals surface area contributed by atoms with Crippen molar-refractivity contribution in [3.63, 3.8) is 0 Å². The standard InChI is InChI=1S/C18H19ClN4O2S2/c1-8-9(2)26-17-14(8)15(20)22-18(23-17)27-10(3)16(24)21-11-5-6-13(25-4)12(19)7-11/h5-7,10H,1-4H3,(H,21,24)(H2,20,22,23). The molecular formula is C18H19ClN4O2S2. The van der Waals surface area contributed by atoms with Crippen molar-refractivity contribution in [3.8, 4) is 5.75 Å². The fourth-order valence-electron chi connectivity index (χ4n) is 2.51. The molecule has 27 heavy (non-hydrogen) atoms. The molecule has 142 valence electrons. The third-order valence-electron chi connectivity index (χ3n) is 4.11. The van der Waals surface area contributed by atoms with Crippen molar-refractivity contribution in [1.82, 2.24) is 9.97 Å². The molecule has 3 N–H and O–H groups in total. The minimum absolute atomic E-state index is 0.179. The van der Waals surface area contributed by atoms with Crippen molar-refractivity contribution in [1.29, 1.82) is 0 Å². The van der Waals surface area contributed by atoms with Crippen molar-refractivity contribution in [2.75, 3.05) is 18.2 Å². The number of aryl methyl sites for hydroxylation is 2. The van der Waals surface area contributed by atoms with Gasteiger partial charge in [-0.25, -0.2) is 9.97 Å². The Morgan fingerprint density at radius 3 is 2.78 bits per heavy atom. The van der Waals surface area contributed by atoms with E-state index in [9.17, 15) is 4.79 Å². The highest BCUT2D eigenvalue weighted by Crippen LogP contribution is 2.34. The van der Waals surface area contributed by atoms with E-state index in [0.29, 0.717) is 27.4 Å². The van der Waals surface area contributed by atoms with Gasteiger partial charge in [0.05, 0.1) is 22.8 Å². The molecular weight excluding hydrogens is 404 g/mol. The van der Waals surface area contributed by atoms with Gasteiger partial charge in [-0.1, -0.05) is 23.4 Å². The number of rotatable bonds is 5. The lowest BCUT2D eigenvalue weighted by Gasteiger charge is -2.12. The minimum atomic E-state index is -0.412. The number of hydrogen-bond acceptors (Lipinski definition) is 7. The van der Waals surface area contributed by atoms with Gasteiger partial charge in [0.2, 0.25) is 5.91 Å². The number of carbonyl (C=O) groups is 1. The van der Waals surface area contributed by atoms with Gasteiger partial charge in [-0.05, 0) is 44.5 Å². The Hall–Kier alpha value is -2.03. The molecule has 2 aromatic heterocycles. The number of halogens is 1. The van der Waals surface area contributed by atoms with E-state index in [1.807, 2.05) is 13.8 Å². The Kier molecular flexibility index (Phi) is 5.78. The maximum absolute atomic E-state index is 12.5. The second kappa shape index (κ2) is 7.92. The summed E-state index contributed by atoms with van der Waals surface area (Å²) in [7, 11) is 1.54. The fourth-order valence-corrected chi connectivity index (χ4v) is 4.64. The predicted octanol–water partition coefficient (Wildman–Crippen LogP) is 4.67. The Balaban J connectivity index is 1.74. The summed E-state index contributed by atoms with van der Waals surface area (Å²) in [5.41, 5.74) is 7.80. The third-order valence-corrected chi connectivity index (χ3v) is 6.46. The van der Waals surface area contributed by atoms with Crippen LogP contribution >= 0.6 is 34.7 Å². The highest BCUT2D eigenvalue weighted by Gasteiger charge is 2.19. The normalized spacial score (nSPS) is 12.2. The summed E-state index contributed by atoms with van der Waals surface area (Å²) < 4.78 is 5.11. The highest BCUT2D eigenvalue weighted by atomic mass is 35.5. The van der Waals surface area contributed by atoms with Crippen LogP contribution in [0.2, 0.25) is 5.02 Å². The van der Waals surface area contributed by atoms with E-state index >= 15 is 0 Å². The van der Waals surface area contributed by atoms with Crippen molar-refractivity contribution >= 4 is 62.3 Å². The topological polar surface area (TPSA) is 90.1 Å². The zero-order valence-electron chi connectivity index (χ0n) is 15.3.